The predicted molar refractivity (Wildman–Crippen MR) is 112 cm³/mol. The molecule has 0 saturated carbocycles. The van der Waals surface area contributed by atoms with Crippen LogP contribution in [0.2, 0.25) is 0 Å². The maximum atomic E-state index is 12.5. The van der Waals surface area contributed by atoms with E-state index in [1.807, 2.05) is 4.90 Å². The van der Waals surface area contributed by atoms with Crippen molar-refractivity contribution in [1.29, 1.82) is 0 Å². The van der Waals surface area contributed by atoms with Crippen molar-refractivity contribution < 1.29 is 19.3 Å². The second-order valence-corrected chi connectivity index (χ2v) is 7.36. The zero-order valence-corrected chi connectivity index (χ0v) is 17.1. The zero-order chi connectivity index (χ0) is 22.7. The Bertz CT molecular complexity index is 1050. The molecule has 0 spiro atoms. The minimum atomic E-state index is -0.608. The smallest absolute Gasteiger partial charge is 0.317 e. The molecule has 32 heavy (non-hydrogen) atoms. The van der Waals surface area contributed by atoms with Crippen molar-refractivity contribution in [3.05, 3.63) is 57.9 Å². The van der Waals surface area contributed by atoms with E-state index in [-0.39, 0.29) is 35.9 Å². The van der Waals surface area contributed by atoms with Gasteiger partial charge < -0.3 is 15.1 Å². The number of rotatable bonds is 6. The summed E-state index contributed by atoms with van der Waals surface area (Å²) in [5.74, 6) is -0.399. The molecule has 0 radical (unpaired) electrons. The number of carbonyl (C=O) groups excluding carboxylic acids is 3. The van der Waals surface area contributed by atoms with E-state index in [2.05, 4.69) is 15.3 Å². The fourth-order valence-corrected chi connectivity index (χ4v) is 3.70. The molecule has 0 bridgehead atoms. The first-order valence-electron chi connectivity index (χ1n) is 10.1. The van der Waals surface area contributed by atoms with Gasteiger partial charge in [0.05, 0.1) is 16.1 Å². The average molecular weight is 439 g/mol. The number of amides is 4. The van der Waals surface area contributed by atoms with E-state index in [1.54, 1.807) is 23.4 Å². The van der Waals surface area contributed by atoms with Gasteiger partial charge in [-0.25, -0.2) is 14.8 Å². The maximum Gasteiger partial charge on any atom is 0.317 e. The first-order valence-corrected chi connectivity index (χ1v) is 10.1. The molecule has 166 valence electrons. The molecule has 4 amide bonds. The van der Waals surface area contributed by atoms with Gasteiger partial charge in [0.15, 0.2) is 0 Å². The van der Waals surface area contributed by atoms with E-state index in [9.17, 15) is 24.5 Å². The van der Waals surface area contributed by atoms with Gasteiger partial charge in [0.1, 0.15) is 0 Å². The molecular weight excluding hydrogens is 418 g/mol. The maximum absolute atomic E-state index is 12.5. The third-order valence-electron chi connectivity index (χ3n) is 5.40. The normalized spacial score (nSPS) is 15.7. The number of fused-ring (bicyclic) bond motifs is 1. The Hall–Kier alpha value is -4.09. The predicted octanol–water partition coefficient (Wildman–Crippen LogP) is 0.903. The van der Waals surface area contributed by atoms with Crippen molar-refractivity contribution in [1.82, 2.24) is 25.1 Å². The second kappa shape index (κ2) is 8.96. The number of urea groups is 1. The number of nitro benzene ring substituents is 1. The first-order chi connectivity index (χ1) is 15.5. The lowest BCUT2D eigenvalue weighted by atomic mass is 10.1. The third-order valence-corrected chi connectivity index (χ3v) is 5.40. The van der Waals surface area contributed by atoms with Crippen LogP contribution in [0.1, 0.15) is 27.1 Å². The Morgan fingerprint density at radius 1 is 1.06 bits per heavy atom. The van der Waals surface area contributed by atoms with Crippen LogP contribution >= 0.6 is 0 Å². The number of nitrogens with zero attached hydrogens (tertiary/aromatic N) is 6. The summed E-state index contributed by atoms with van der Waals surface area (Å²) in [6.07, 6.45) is 3.73. The number of aromatic nitrogens is 2. The van der Waals surface area contributed by atoms with Gasteiger partial charge in [-0.3, -0.25) is 24.6 Å². The summed E-state index contributed by atoms with van der Waals surface area (Å²) in [6.45, 7) is 2.70. The molecule has 1 N–H and O–H groups in total. The average Bonchev–Trinajstić information content (AvgIpc) is 3.06. The lowest BCUT2D eigenvalue weighted by Crippen LogP contribution is -2.52. The van der Waals surface area contributed by atoms with E-state index in [4.69, 9.17) is 0 Å². The van der Waals surface area contributed by atoms with Crippen molar-refractivity contribution in [3.8, 4) is 0 Å². The van der Waals surface area contributed by atoms with Crippen LogP contribution in [0, 0.1) is 10.1 Å². The quantitative estimate of drug-likeness (QED) is 0.303. The van der Waals surface area contributed by atoms with E-state index in [0.29, 0.717) is 38.5 Å². The molecule has 1 fully saturated rings. The third kappa shape index (κ3) is 4.19. The van der Waals surface area contributed by atoms with Gasteiger partial charge in [-0.1, -0.05) is 0 Å². The van der Waals surface area contributed by atoms with Crippen molar-refractivity contribution in [2.75, 3.05) is 44.2 Å². The molecule has 0 aliphatic carbocycles. The van der Waals surface area contributed by atoms with Gasteiger partial charge in [0, 0.05) is 63.8 Å². The van der Waals surface area contributed by atoms with Crippen LogP contribution < -0.4 is 10.2 Å². The number of non-ortho nitro benzene ring substituents is 1. The summed E-state index contributed by atoms with van der Waals surface area (Å²) in [5, 5.41) is 13.7. The summed E-state index contributed by atoms with van der Waals surface area (Å²) >= 11 is 0. The highest BCUT2D eigenvalue weighted by Crippen LogP contribution is 2.26. The molecule has 1 aromatic heterocycles. The Morgan fingerprint density at radius 3 is 2.44 bits per heavy atom. The topological polar surface area (TPSA) is 142 Å². The minimum Gasteiger partial charge on any atom is -0.338 e. The molecular formula is C20H21N7O5. The van der Waals surface area contributed by atoms with Crippen LogP contribution in [0.3, 0.4) is 0 Å². The molecule has 12 heteroatoms. The van der Waals surface area contributed by atoms with E-state index >= 15 is 0 Å². The number of carbonyl (C=O) groups is 3. The highest BCUT2D eigenvalue weighted by atomic mass is 16.6. The number of hydrogen-bond acceptors (Lipinski definition) is 8. The molecule has 12 nitrogen and oxygen atoms in total. The minimum absolute atomic E-state index is 0.0357. The first kappa shape index (κ1) is 21.2. The summed E-state index contributed by atoms with van der Waals surface area (Å²) < 4.78 is 0. The van der Waals surface area contributed by atoms with Crippen molar-refractivity contribution >= 4 is 29.5 Å². The molecule has 0 atom stereocenters. The Labute approximate surface area is 183 Å². The molecule has 2 aliphatic rings. The summed E-state index contributed by atoms with van der Waals surface area (Å²) in [7, 11) is 0. The van der Waals surface area contributed by atoms with E-state index < -0.39 is 16.7 Å². The van der Waals surface area contributed by atoms with Gasteiger partial charge in [-0.15, -0.1) is 0 Å². The molecule has 0 unspecified atom stereocenters. The number of hydrogen-bond donors (Lipinski definition) is 1. The largest absolute Gasteiger partial charge is 0.338 e. The highest BCUT2D eigenvalue weighted by molar-refractivity contribution is 6.21. The SMILES string of the molecule is O=C(NCCCN1C(=O)c2ccc([N+](=O)[O-])cc2C1=O)N1CCN(c2ncccn2)CC1. The van der Waals surface area contributed by atoms with E-state index in [1.165, 1.54) is 12.1 Å². The van der Waals surface area contributed by atoms with Crippen molar-refractivity contribution in [2.45, 2.75) is 6.42 Å². The molecule has 2 aliphatic heterocycles. The fourth-order valence-electron chi connectivity index (χ4n) is 3.70. The second-order valence-electron chi connectivity index (χ2n) is 7.36. The van der Waals surface area contributed by atoms with Crippen molar-refractivity contribution in [3.63, 3.8) is 0 Å². The number of nitro groups is 1. The number of benzene rings is 1. The fraction of sp³-hybridized carbons (Fsp3) is 0.350. The molecule has 1 saturated heterocycles. The Balaban J connectivity index is 1.22. The molecule has 2 aromatic rings. The van der Waals surface area contributed by atoms with Gasteiger partial charge in [0.25, 0.3) is 17.5 Å². The van der Waals surface area contributed by atoms with Crippen LogP contribution in [-0.2, 0) is 0 Å². The van der Waals surface area contributed by atoms with Gasteiger partial charge >= 0.3 is 6.03 Å². The van der Waals surface area contributed by atoms with Crippen LogP contribution in [0.25, 0.3) is 0 Å². The Kier molecular flexibility index (Phi) is 5.92. The Morgan fingerprint density at radius 2 is 1.75 bits per heavy atom. The van der Waals surface area contributed by atoms with Crippen LogP contribution in [-0.4, -0.2) is 81.8 Å². The van der Waals surface area contributed by atoms with E-state index in [0.717, 1.165) is 11.0 Å². The summed E-state index contributed by atoms with van der Waals surface area (Å²) in [4.78, 5) is 60.8. The monoisotopic (exact) mass is 439 g/mol. The standard InChI is InChI=1S/C20H21N7O5/c28-17-15-4-3-14(27(31)32)13-16(15)18(29)26(17)8-2-7-23-20(30)25-11-9-24(10-12-25)19-21-5-1-6-22-19/h1,3-6,13H,2,7-12H2,(H,23,30). The number of imide groups is 1. The highest BCUT2D eigenvalue weighted by Gasteiger charge is 2.36. The van der Waals surface area contributed by atoms with Gasteiger partial charge in [0.2, 0.25) is 5.95 Å². The lowest BCUT2D eigenvalue weighted by Gasteiger charge is -2.34. The summed E-state index contributed by atoms with van der Waals surface area (Å²) in [6, 6.07) is 5.17. The lowest BCUT2D eigenvalue weighted by molar-refractivity contribution is -0.384. The number of piperazine rings is 1. The number of nitrogens with one attached hydrogen (secondary N) is 1. The van der Waals surface area contributed by atoms with Gasteiger partial charge in [-0.2, -0.15) is 0 Å². The number of anilines is 1. The molecule has 3 heterocycles. The van der Waals surface area contributed by atoms with Crippen LogP contribution in [0.15, 0.2) is 36.7 Å². The van der Waals surface area contributed by atoms with Crippen molar-refractivity contribution in [2.24, 2.45) is 0 Å². The zero-order valence-electron chi connectivity index (χ0n) is 17.1. The van der Waals surface area contributed by atoms with Crippen LogP contribution in [0.4, 0.5) is 16.4 Å². The molecule has 4 rings (SSSR count). The van der Waals surface area contributed by atoms with Crippen LogP contribution in [0.5, 0.6) is 0 Å². The summed E-state index contributed by atoms with van der Waals surface area (Å²) in [5.41, 5.74) is -0.0451. The molecule has 1 aromatic carbocycles. The van der Waals surface area contributed by atoms with Gasteiger partial charge in [-0.05, 0) is 18.6 Å².